The number of nitrogens with zero attached hydrogens (tertiary/aromatic N) is 4. The van der Waals surface area contributed by atoms with Crippen molar-refractivity contribution in [2.24, 2.45) is 4.99 Å². The van der Waals surface area contributed by atoms with Crippen molar-refractivity contribution in [3.8, 4) is 0 Å². The van der Waals surface area contributed by atoms with E-state index in [0.29, 0.717) is 22.6 Å². The van der Waals surface area contributed by atoms with E-state index in [9.17, 15) is 4.79 Å². The van der Waals surface area contributed by atoms with Gasteiger partial charge in [0.05, 0.1) is 0 Å². The summed E-state index contributed by atoms with van der Waals surface area (Å²) >= 11 is 5.93. The molecule has 2 aromatic heterocycles. The van der Waals surface area contributed by atoms with Crippen molar-refractivity contribution in [2.75, 3.05) is 10.6 Å². The number of halogens is 1. The third-order valence-corrected chi connectivity index (χ3v) is 4.15. The van der Waals surface area contributed by atoms with E-state index in [0.717, 1.165) is 11.3 Å². The standard InChI is InChI=1S/C18H15ClN6O/c1-11-9-15(26)25-16(12-3-2-8-20-10-12)23-17(24-18(25)21-11)22-14-6-4-13(19)5-7-14/h2-10,16H,1H3,(H2,21,22,23,24)/t16-/m1/s1. The van der Waals surface area contributed by atoms with Crippen molar-refractivity contribution >= 4 is 29.2 Å². The minimum Gasteiger partial charge on any atom is -0.326 e. The Bertz CT molecular complexity index is 1030. The molecule has 3 aromatic rings. The van der Waals surface area contributed by atoms with Crippen LogP contribution in [0.2, 0.25) is 5.02 Å². The van der Waals surface area contributed by atoms with Crippen LogP contribution >= 0.6 is 11.6 Å². The van der Waals surface area contributed by atoms with Crippen LogP contribution in [0.25, 0.3) is 0 Å². The molecule has 8 heteroatoms. The van der Waals surface area contributed by atoms with Crippen LogP contribution in [0.4, 0.5) is 11.6 Å². The Hall–Kier alpha value is -3.19. The van der Waals surface area contributed by atoms with E-state index in [2.05, 4.69) is 25.6 Å². The first-order valence-electron chi connectivity index (χ1n) is 7.98. The van der Waals surface area contributed by atoms with Crippen LogP contribution in [0.1, 0.15) is 17.4 Å². The quantitative estimate of drug-likeness (QED) is 0.728. The first-order chi connectivity index (χ1) is 12.6. The van der Waals surface area contributed by atoms with Gasteiger partial charge in [0.2, 0.25) is 11.9 Å². The number of aliphatic imine (C=N–C) groups is 1. The van der Waals surface area contributed by atoms with E-state index in [4.69, 9.17) is 11.6 Å². The number of anilines is 2. The van der Waals surface area contributed by atoms with Gasteiger partial charge in [-0.05, 0) is 37.3 Å². The van der Waals surface area contributed by atoms with Crippen molar-refractivity contribution in [1.82, 2.24) is 14.5 Å². The van der Waals surface area contributed by atoms with E-state index in [1.54, 1.807) is 31.5 Å². The molecule has 2 N–H and O–H groups in total. The van der Waals surface area contributed by atoms with Gasteiger partial charge in [-0.3, -0.25) is 19.7 Å². The van der Waals surface area contributed by atoms with E-state index in [-0.39, 0.29) is 5.56 Å². The molecule has 4 rings (SSSR count). The van der Waals surface area contributed by atoms with E-state index < -0.39 is 6.17 Å². The lowest BCUT2D eigenvalue weighted by Crippen LogP contribution is -2.37. The summed E-state index contributed by atoms with van der Waals surface area (Å²) in [7, 11) is 0. The number of guanidine groups is 1. The molecule has 0 spiro atoms. The molecule has 26 heavy (non-hydrogen) atoms. The summed E-state index contributed by atoms with van der Waals surface area (Å²) in [5.41, 5.74) is 2.06. The van der Waals surface area contributed by atoms with Gasteiger partial charge in [0.15, 0.2) is 6.17 Å². The van der Waals surface area contributed by atoms with Crippen LogP contribution in [-0.4, -0.2) is 20.5 Å². The Morgan fingerprint density at radius 1 is 1.23 bits per heavy atom. The molecule has 0 saturated heterocycles. The fourth-order valence-corrected chi connectivity index (χ4v) is 2.86. The zero-order valence-corrected chi connectivity index (χ0v) is 14.6. The smallest absolute Gasteiger partial charge is 0.257 e. The molecule has 7 nitrogen and oxygen atoms in total. The lowest BCUT2D eigenvalue weighted by atomic mass is 10.2. The minimum atomic E-state index is -0.560. The highest BCUT2D eigenvalue weighted by molar-refractivity contribution is 6.30. The zero-order valence-electron chi connectivity index (χ0n) is 13.8. The normalized spacial score (nSPS) is 15.6. The predicted octanol–water partition coefficient (Wildman–Crippen LogP) is 3.04. The number of hydrogen-bond donors (Lipinski definition) is 2. The average Bonchev–Trinajstić information content (AvgIpc) is 2.63. The Kier molecular flexibility index (Phi) is 4.14. The summed E-state index contributed by atoms with van der Waals surface area (Å²) in [5.74, 6) is 0.911. The van der Waals surface area contributed by atoms with Crippen LogP contribution < -0.4 is 16.2 Å². The Labute approximate surface area is 154 Å². The Morgan fingerprint density at radius 3 is 2.77 bits per heavy atom. The highest BCUT2D eigenvalue weighted by Gasteiger charge is 2.25. The van der Waals surface area contributed by atoms with Gasteiger partial charge in [-0.2, -0.15) is 0 Å². The fourth-order valence-electron chi connectivity index (χ4n) is 2.73. The van der Waals surface area contributed by atoms with Gasteiger partial charge < -0.3 is 5.32 Å². The topological polar surface area (TPSA) is 84.2 Å². The third kappa shape index (κ3) is 3.16. The van der Waals surface area contributed by atoms with Gasteiger partial charge in [0.25, 0.3) is 5.56 Å². The maximum Gasteiger partial charge on any atom is 0.257 e. The van der Waals surface area contributed by atoms with Gasteiger partial charge in [-0.25, -0.2) is 9.98 Å². The molecule has 1 aliphatic heterocycles. The molecule has 3 heterocycles. The van der Waals surface area contributed by atoms with Gasteiger partial charge >= 0.3 is 0 Å². The van der Waals surface area contributed by atoms with Crippen LogP contribution in [0.3, 0.4) is 0 Å². The minimum absolute atomic E-state index is 0.178. The van der Waals surface area contributed by atoms with Crippen molar-refractivity contribution in [3.63, 3.8) is 0 Å². The molecule has 1 aromatic carbocycles. The molecule has 0 radical (unpaired) electrons. The number of rotatable bonds is 2. The van der Waals surface area contributed by atoms with E-state index in [1.165, 1.54) is 10.6 Å². The second-order valence-electron chi connectivity index (χ2n) is 5.82. The summed E-state index contributed by atoms with van der Waals surface area (Å²) in [6.07, 6.45) is 2.81. The summed E-state index contributed by atoms with van der Waals surface area (Å²) in [5, 5.41) is 6.92. The number of aromatic nitrogens is 3. The number of nitrogens with one attached hydrogen (secondary N) is 2. The van der Waals surface area contributed by atoms with Crippen LogP contribution in [0.15, 0.2) is 64.6 Å². The molecule has 1 aliphatic rings. The number of fused-ring (bicyclic) bond motifs is 1. The molecule has 0 bridgehead atoms. The molecule has 0 amide bonds. The molecular weight excluding hydrogens is 352 g/mol. The molecule has 0 aliphatic carbocycles. The van der Waals surface area contributed by atoms with E-state index >= 15 is 0 Å². The third-order valence-electron chi connectivity index (χ3n) is 3.90. The van der Waals surface area contributed by atoms with Crippen LogP contribution in [-0.2, 0) is 0 Å². The molecular formula is C18H15ClN6O. The molecule has 0 unspecified atom stereocenters. The SMILES string of the molecule is Cc1cc(=O)n2c(n1)NC(Nc1ccc(Cl)cc1)=N[C@H]2c1cccnc1. The first-order valence-corrected chi connectivity index (χ1v) is 8.35. The van der Waals surface area contributed by atoms with Crippen molar-refractivity contribution < 1.29 is 0 Å². The van der Waals surface area contributed by atoms with Crippen molar-refractivity contribution in [1.29, 1.82) is 0 Å². The molecule has 0 saturated carbocycles. The average molecular weight is 367 g/mol. The van der Waals surface area contributed by atoms with Gasteiger partial charge in [0, 0.05) is 40.4 Å². The fraction of sp³-hybridized carbons (Fsp3) is 0.111. The number of hydrogen-bond acceptors (Lipinski definition) is 6. The van der Waals surface area contributed by atoms with Gasteiger partial charge in [-0.15, -0.1) is 0 Å². The Balaban J connectivity index is 1.78. The second-order valence-corrected chi connectivity index (χ2v) is 6.26. The summed E-state index contributed by atoms with van der Waals surface area (Å²) in [6.45, 7) is 1.78. The van der Waals surface area contributed by atoms with E-state index in [1.807, 2.05) is 24.3 Å². The highest BCUT2D eigenvalue weighted by Crippen LogP contribution is 2.25. The molecule has 130 valence electrons. The largest absolute Gasteiger partial charge is 0.326 e. The summed E-state index contributed by atoms with van der Waals surface area (Å²) < 4.78 is 1.51. The van der Waals surface area contributed by atoms with Crippen LogP contribution in [0, 0.1) is 6.92 Å². The van der Waals surface area contributed by atoms with Crippen molar-refractivity contribution in [2.45, 2.75) is 13.1 Å². The maximum atomic E-state index is 12.5. The monoisotopic (exact) mass is 366 g/mol. The summed E-state index contributed by atoms with van der Waals surface area (Å²) in [4.78, 5) is 25.8. The highest BCUT2D eigenvalue weighted by atomic mass is 35.5. The number of pyridine rings is 1. The lowest BCUT2D eigenvalue weighted by Gasteiger charge is -2.26. The van der Waals surface area contributed by atoms with Crippen LogP contribution in [0.5, 0.6) is 0 Å². The first kappa shape index (κ1) is 16.3. The van der Waals surface area contributed by atoms with Gasteiger partial charge in [0.1, 0.15) is 0 Å². The zero-order chi connectivity index (χ0) is 18.1. The van der Waals surface area contributed by atoms with Crippen molar-refractivity contribution in [3.05, 3.63) is 81.5 Å². The Morgan fingerprint density at radius 2 is 2.04 bits per heavy atom. The summed E-state index contributed by atoms with van der Waals surface area (Å²) in [6, 6.07) is 12.4. The second kappa shape index (κ2) is 6.61. The number of aryl methyl sites for hydroxylation is 1. The maximum absolute atomic E-state index is 12.5. The predicted molar refractivity (Wildman–Crippen MR) is 102 cm³/mol. The molecule has 1 atom stereocenters. The lowest BCUT2D eigenvalue weighted by molar-refractivity contribution is 0.575. The van der Waals surface area contributed by atoms with Gasteiger partial charge in [-0.1, -0.05) is 17.7 Å². The number of benzene rings is 1. The molecule has 0 fully saturated rings.